The first-order valence-electron chi connectivity index (χ1n) is 9.06. The molecule has 7 heteroatoms. The average molecular weight is 384 g/mol. The van der Waals surface area contributed by atoms with E-state index in [0.717, 1.165) is 25.1 Å². The van der Waals surface area contributed by atoms with Gasteiger partial charge in [-0.3, -0.25) is 9.59 Å². The number of para-hydroxylation sites is 1. The summed E-state index contributed by atoms with van der Waals surface area (Å²) in [4.78, 5) is 23.9. The molecule has 2 atom stereocenters. The predicted molar refractivity (Wildman–Crippen MR) is 105 cm³/mol. The van der Waals surface area contributed by atoms with Gasteiger partial charge in [0.25, 0.3) is 0 Å². The van der Waals surface area contributed by atoms with Crippen molar-refractivity contribution in [2.24, 2.45) is 5.92 Å². The molecule has 146 valence electrons. The number of rotatable bonds is 9. The third-order valence-electron chi connectivity index (χ3n) is 4.40. The lowest BCUT2D eigenvalue weighted by Gasteiger charge is -2.21. The summed E-state index contributed by atoms with van der Waals surface area (Å²) in [6.45, 7) is 6.68. The Hall–Kier alpha value is -1.79. The lowest BCUT2D eigenvalue weighted by molar-refractivity contribution is -0.122. The fourth-order valence-corrected chi connectivity index (χ4v) is 3.17. The molecule has 1 aromatic carbocycles. The topological polar surface area (TPSA) is 79.5 Å². The molecule has 26 heavy (non-hydrogen) atoms. The predicted octanol–water partition coefficient (Wildman–Crippen LogP) is 2.19. The van der Waals surface area contributed by atoms with Crippen LogP contribution in [0.15, 0.2) is 24.3 Å². The maximum absolute atomic E-state index is 12.3. The zero-order valence-corrected chi connectivity index (χ0v) is 16.4. The Bertz CT molecular complexity index is 577. The van der Waals surface area contributed by atoms with E-state index in [4.69, 9.17) is 4.74 Å². The molecule has 0 aromatic heterocycles. The third kappa shape index (κ3) is 7.22. The molecule has 2 unspecified atom stereocenters. The van der Waals surface area contributed by atoms with Gasteiger partial charge < -0.3 is 20.7 Å². The Morgan fingerprint density at radius 2 is 2.12 bits per heavy atom. The minimum Gasteiger partial charge on any atom is -0.494 e. The lowest BCUT2D eigenvalue weighted by Crippen LogP contribution is -2.33. The number of nitrogens with one attached hydrogen (secondary N) is 3. The minimum absolute atomic E-state index is 0. The molecule has 0 saturated carbocycles. The fraction of sp³-hybridized carbons (Fsp3) is 0.579. The van der Waals surface area contributed by atoms with Gasteiger partial charge in [0, 0.05) is 19.0 Å². The van der Waals surface area contributed by atoms with Crippen molar-refractivity contribution in [2.75, 3.05) is 26.2 Å². The van der Waals surface area contributed by atoms with Crippen LogP contribution >= 0.6 is 12.4 Å². The van der Waals surface area contributed by atoms with Gasteiger partial charge in [0.2, 0.25) is 11.8 Å². The molecular formula is C19H30ClN3O3. The van der Waals surface area contributed by atoms with Gasteiger partial charge in [-0.25, -0.2) is 0 Å². The highest BCUT2D eigenvalue weighted by Crippen LogP contribution is 2.27. The minimum atomic E-state index is -0.395. The first kappa shape index (κ1) is 22.3. The SMILES string of the molecule is CCOc1ccccc1C(CC(=O)NCCC1CCNC1)NC(C)=O.Cl. The summed E-state index contributed by atoms with van der Waals surface area (Å²) >= 11 is 0. The molecule has 1 aromatic rings. The molecule has 0 spiro atoms. The molecule has 0 bridgehead atoms. The summed E-state index contributed by atoms with van der Waals surface area (Å²) in [5.74, 6) is 1.12. The van der Waals surface area contributed by atoms with E-state index < -0.39 is 6.04 Å². The van der Waals surface area contributed by atoms with E-state index in [0.29, 0.717) is 24.8 Å². The van der Waals surface area contributed by atoms with Gasteiger partial charge in [-0.15, -0.1) is 12.4 Å². The number of benzene rings is 1. The highest BCUT2D eigenvalue weighted by Gasteiger charge is 2.21. The maximum atomic E-state index is 12.3. The summed E-state index contributed by atoms with van der Waals surface area (Å²) in [6.07, 6.45) is 2.36. The van der Waals surface area contributed by atoms with Crippen LogP contribution in [0.3, 0.4) is 0 Å². The Morgan fingerprint density at radius 3 is 2.77 bits per heavy atom. The second-order valence-electron chi connectivity index (χ2n) is 6.43. The van der Waals surface area contributed by atoms with Crippen LogP contribution < -0.4 is 20.7 Å². The second kappa shape index (κ2) is 11.8. The zero-order chi connectivity index (χ0) is 18.1. The van der Waals surface area contributed by atoms with E-state index in [9.17, 15) is 9.59 Å². The molecular weight excluding hydrogens is 354 g/mol. The number of ether oxygens (including phenoxy) is 1. The van der Waals surface area contributed by atoms with E-state index in [1.165, 1.54) is 13.3 Å². The second-order valence-corrected chi connectivity index (χ2v) is 6.43. The van der Waals surface area contributed by atoms with Gasteiger partial charge in [0.05, 0.1) is 19.1 Å². The van der Waals surface area contributed by atoms with Crippen LogP contribution in [0.5, 0.6) is 5.75 Å². The summed E-state index contributed by atoms with van der Waals surface area (Å²) < 4.78 is 5.64. The first-order valence-corrected chi connectivity index (χ1v) is 9.06. The van der Waals surface area contributed by atoms with Gasteiger partial charge in [0.15, 0.2) is 0 Å². The largest absolute Gasteiger partial charge is 0.494 e. The van der Waals surface area contributed by atoms with E-state index in [1.807, 2.05) is 31.2 Å². The number of amides is 2. The molecule has 1 saturated heterocycles. The van der Waals surface area contributed by atoms with Gasteiger partial charge >= 0.3 is 0 Å². The molecule has 3 N–H and O–H groups in total. The van der Waals surface area contributed by atoms with Crippen LogP contribution in [0.4, 0.5) is 0 Å². The summed E-state index contributed by atoms with van der Waals surface area (Å²) in [5, 5.41) is 9.17. The average Bonchev–Trinajstić information content (AvgIpc) is 3.08. The zero-order valence-electron chi connectivity index (χ0n) is 15.5. The highest BCUT2D eigenvalue weighted by molar-refractivity contribution is 5.85. The van der Waals surface area contributed by atoms with Crippen LogP contribution in [0.2, 0.25) is 0 Å². The van der Waals surface area contributed by atoms with Crippen molar-refractivity contribution in [3.63, 3.8) is 0 Å². The van der Waals surface area contributed by atoms with Crippen molar-refractivity contribution in [3.8, 4) is 5.75 Å². The summed E-state index contributed by atoms with van der Waals surface area (Å²) in [6, 6.07) is 7.13. The number of hydrogen-bond acceptors (Lipinski definition) is 4. The van der Waals surface area contributed by atoms with Crippen LogP contribution in [0.1, 0.15) is 44.7 Å². The van der Waals surface area contributed by atoms with Crippen molar-refractivity contribution >= 4 is 24.2 Å². The van der Waals surface area contributed by atoms with E-state index in [1.54, 1.807) is 0 Å². The molecule has 1 aliphatic heterocycles. The highest BCUT2D eigenvalue weighted by atomic mass is 35.5. The number of halogens is 1. The smallest absolute Gasteiger partial charge is 0.222 e. The Morgan fingerprint density at radius 1 is 1.35 bits per heavy atom. The molecule has 1 heterocycles. The van der Waals surface area contributed by atoms with Crippen molar-refractivity contribution in [1.82, 2.24) is 16.0 Å². The van der Waals surface area contributed by atoms with Crippen molar-refractivity contribution in [2.45, 2.75) is 39.2 Å². The lowest BCUT2D eigenvalue weighted by atomic mass is 10.0. The molecule has 1 aliphatic rings. The maximum Gasteiger partial charge on any atom is 0.222 e. The summed E-state index contributed by atoms with van der Waals surface area (Å²) in [5.41, 5.74) is 0.828. The Labute approximate surface area is 161 Å². The van der Waals surface area contributed by atoms with Crippen LogP contribution in [0.25, 0.3) is 0 Å². The number of carbonyl (C=O) groups excluding carboxylic acids is 2. The van der Waals surface area contributed by atoms with Gasteiger partial charge in [0.1, 0.15) is 5.75 Å². The van der Waals surface area contributed by atoms with Crippen molar-refractivity contribution in [3.05, 3.63) is 29.8 Å². The monoisotopic (exact) mass is 383 g/mol. The van der Waals surface area contributed by atoms with Gasteiger partial charge in [-0.05, 0) is 44.8 Å². The van der Waals surface area contributed by atoms with Gasteiger partial charge in [-0.1, -0.05) is 18.2 Å². The standard InChI is InChI=1S/C19H29N3O3.ClH/c1-3-25-18-7-5-4-6-16(18)17(22-14(2)23)12-19(24)21-11-9-15-8-10-20-13-15;/h4-7,15,17,20H,3,8-13H2,1-2H3,(H,21,24)(H,22,23);1H. The molecule has 2 amide bonds. The normalized spacial score (nSPS) is 17.1. The number of hydrogen-bond donors (Lipinski definition) is 3. The molecule has 6 nitrogen and oxygen atoms in total. The van der Waals surface area contributed by atoms with Crippen LogP contribution in [0, 0.1) is 5.92 Å². The van der Waals surface area contributed by atoms with Gasteiger partial charge in [-0.2, -0.15) is 0 Å². The molecule has 0 radical (unpaired) electrons. The fourth-order valence-electron chi connectivity index (χ4n) is 3.17. The molecule has 2 rings (SSSR count). The third-order valence-corrected chi connectivity index (χ3v) is 4.40. The van der Waals surface area contributed by atoms with Crippen molar-refractivity contribution in [1.29, 1.82) is 0 Å². The van der Waals surface area contributed by atoms with E-state index in [2.05, 4.69) is 16.0 Å². The van der Waals surface area contributed by atoms with Crippen LogP contribution in [-0.4, -0.2) is 38.1 Å². The molecule has 0 aliphatic carbocycles. The Balaban J connectivity index is 0.00000338. The van der Waals surface area contributed by atoms with Crippen molar-refractivity contribution < 1.29 is 14.3 Å². The quantitative estimate of drug-likeness (QED) is 0.610. The van der Waals surface area contributed by atoms with Crippen LogP contribution in [-0.2, 0) is 9.59 Å². The van der Waals surface area contributed by atoms with E-state index in [-0.39, 0.29) is 30.6 Å². The Kier molecular flexibility index (Phi) is 10.1. The number of carbonyl (C=O) groups is 2. The van der Waals surface area contributed by atoms with E-state index >= 15 is 0 Å². The first-order chi connectivity index (χ1) is 12.1. The summed E-state index contributed by atoms with van der Waals surface area (Å²) in [7, 11) is 0. The molecule has 1 fully saturated rings.